The Morgan fingerprint density at radius 2 is 2.21 bits per heavy atom. The number of hydrogen-bond donors (Lipinski definition) is 1. The van der Waals surface area contributed by atoms with Crippen molar-refractivity contribution in [2.45, 2.75) is 26.3 Å². The molecule has 4 heteroatoms. The number of nitrogens with zero attached hydrogens (tertiary/aromatic N) is 3. The van der Waals surface area contributed by atoms with E-state index in [1.807, 2.05) is 6.92 Å². The minimum Gasteiger partial charge on any atom is -0.370 e. The fraction of sp³-hybridized carbons (Fsp3) is 0.900. The van der Waals surface area contributed by atoms with E-state index in [1.165, 1.54) is 6.42 Å². The molecule has 1 heterocycles. The average Bonchev–Trinajstić information content (AvgIpc) is 2.27. The summed E-state index contributed by atoms with van der Waals surface area (Å²) >= 11 is 0. The van der Waals surface area contributed by atoms with Crippen molar-refractivity contribution in [3.8, 4) is 0 Å². The first-order chi connectivity index (χ1) is 6.65. The molecular weight excluding hydrogens is 176 g/mol. The van der Waals surface area contributed by atoms with E-state index >= 15 is 0 Å². The Bertz CT molecular complexity index is 202. The first-order valence-corrected chi connectivity index (χ1v) is 5.40. The lowest BCUT2D eigenvalue weighted by Crippen LogP contribution is -2.45. The van der Waals surface area contributed by atoms with E-state index in [0.717, 1.165) is 26.2 Å². The quantitative estimate of drug-likeness (QED) is 0.488. The van der Waals surface area contributed by atoms with Crippen LogP contribution in [0.3, 0.4) is 0 Å². The van der Waals surface area contributed by atoms with E-state index < -0.39 is 0 Å². The summed E-state index contributed by atoms with van der Waals surface area (Å²) in [7, 11) is 2.16. The zero-order valence-corrected chi connectivity index (χ0v) is 9.53. The average molecular weight is 198 g/mol. The molecule has 1 unspecified atom stereocenters. The van der Waals surface area contributed by atoms with Gasteiger partial charge in [0.15, 0.2) is 5.96 Å². The second-order valence-corrected chi connectivity index (χ2v) is 3.99. The maximum absolute atomic E-state index is 5.92. The van der Waals surface area contributed by atoms with Gasteiger partial charge in [-0.2, -0.15) is 0 Å². The van der Waals surface area contributed by atoms with Gasteiger partial charge in [0.25, 0.3) is 0 Å². The minimum absolute atomic E-state index is 0.470. The summed E-state index contributed by atoms with van der Waals surface area (Å²) in [4.78, 5) is 8.83. The van der Waals surface area contributed by atoms with E-state index in [1.54, 1.807) is 0 Å². The van der Waals surface area contributed by atoms with Crippen molar-refractivity contribution in [1.82, 2.24) is 9.80 Å². The van der Waals surface area contributed by atoms with Gasteiger partial charge in [-0.3, -0.25) is 4.99 Å². The smallest absolute Gasteiger partial charge is 0.191 e. The molecule has 0 bridgehead atoms. The molecule has 2 N–H and O–H groups in total. The van der Waals surface area contributed by atoms with Crippen molar-refractivity contribution in [3.63, 3.8) is 0 Å². The van der Waals surface area contributed by atoms with Crippen molar-refractivity contribution in [3.05, 3.63) is 0 Å². The number of rotatable bonds is 1. The van der Waals surface area contributed by atoms with Crippen LogP contribution >= 0.6 is 0 Å². The number of aliphatic imine (C=N–C) groups is 1. The van der Waals surface area contributed by atoms with E-state index in [9.17, 15) is 0 Å². The highest BCUT2D eigenvalue weighted by molar-refractivity contribution is 5.78. The molecule has 0 spiro atoms. The molecule has 0 amide bonds. The Morgan fingerprint density at radius 3 is 2.86 bits per heavy atom. The molecule has 1 saturated heterocycles. The van der Waals surface area contributed by atoms with E-state index in [0.29, 0.717) is 12.0 Å². The van der Waals surface area contributed by atoms with Gasteiger partial charge in [0, 0.05) is 25.7 Å². The van der Waals surface area contributed by atoms with Gasteiger partial charge in [-0.1, -0.05) is 0 Å². The summed E-state index contributed by atoms with van der Waals surface area (Å²) in [5.74, 6) is 0.704. The molecule has 82 valence electrons. The van der Waals surface area contributed by atoms with Crippen LogP contribution in [0, 0.1) is 0 Å². The number of nitrogens with two attached hydrogens (primary N) is 1. The highest BCUT2D eigenvalue weighted by Gasteiger charge is 2.20. The van der Waals surface area contributed by atoms with E-state index in [2.05, 4.69) is 28.8 Å². The summed E-state index contributed by atoms with van der Waals surface area (Å²) in [5.41, 5.74) is 5.92. The third-order valence-electron chi connectivity index (χ3n) is 2.66. The van der Waals surface area contributed by atoms with Gasteiger partial charge in [0.05, 0.1) is 0 Å². The lowest BCUT2D eigenvalue weighted by atomic mass is 10.3. The van der Waals surface area contributed by atoms with Crippen LogP contribution in [0.25, 0.3) is 0 Å². The van der Waals surface area contributed by atoms with Gasteiger partial charge in [0.2, 0.25) is 0 Å². The van der Waals surface area contributed by atoms with Crippen LogP contribution in [0.2, 0.25) is 0 Å². The van der Waals surface area contributed by atoms with Gasteiger partial charge in [-0.25, -0.2) is 0 Å². The molecule has 4 nitrogen and oxygen atoms in total. The highest BCUT2D eigenvalue weighted by Crippen LogP contribution is 2.07. The Labute approximate surface area is 86.8 Å². The number of likely N-dealkylation sites (N-methyl/N-ethyl adjacent to an activating group) is 1. The number of hydrogen-bond acceptors (Lipinski definition) is 2. The Balaban J connectivity index is 2.63. The fourth-order valence-electron chi connectivity index (χ4n) is 1.97. The SMILES string of the molecule is CCN=C(N)N1CCCN(C)CC1C. The Hall–Kier alpha value is -0.770. The molecule has 1 rings (SSSR count). The van der Waals surface area contributed by atoms with Gasteiger partial charge in [0.1, 0.15) is 0 Å². The topological polar surface area (TPSA) is 44.9 Å². The molecule has 1 aliphatic rings. The second kappa shape index (κ2) is 5.20. The molecule has 1 fully saturated rings. The molecule has 1 aliphatic heterocycles. The standard InChI is InChI=1S/C10H22N4/c1-4-12-10(11)14-7-5-6-13(3)8-9(14)2/h9H,4-8H2,1-3H3,(H2,11,12). The van der Waals surface area contributed by atoms with Crippen molar-refractivity contribution < 1.29 is 0 Å². The normalized spacial score (nSPS) is 26.4. The molecule has 0 aromatic carbocycles. The summed E-state index contributed by atoms with van der Waals surface area (Å²) < 4.78 is 0. The molecule has 1 atom stereocenters. The minimum atomic E-state index is 0.470. The Morgan fingerprint density at radius 1 is 1.50 bits per heavy atom. The molecule has 0 saturated carbocycles. The first-order valence-electron chi connectivity index (χ1n) is 5.40. The Kier molecular flexibility index (Phi) is 4.20. The largest absolute Gasteiger partial charge is 0.370 e. The van der Waals surface area contributed by atoms with Crippen LogP contribution < -0.4 is 5.73 Å². The summed E-state index contributed by atoms with van der Waals surface area (Å²) in [5, 5.41) is 0. The van der Waals surface area contributed by atoms with Gasteiger partial charge in [-0.05, 0) is 33.9 Å². The predicted molar refractivity (Wildman–Crippen MR) is 60.4 cm³/mol. The van der Waals surface area contributed by atoms with Crippen LogP contribution in [0.1, 0.15) is 20.3 Å². The predicted octanol–water partition coefficient (Wildman–Crippen LogP) is 0.347. The third-order valence-corrected chi connectivity index (χ3v) is 2.66. The maximum Gasteiger partial charge on any atom is 0.191 e. The number of guanidine groups is 1. The van der Waals surface area contributed by atoms with Crippen molar-refractivity contribution in [1.29, 1.82) is 0 Å². The van der Waals surface area contributed by atoms with Crippen molar-refractivity contribution in [2.75, 3.05) is 33.2 Å². The van der Waals surface area contributed by atoms with Crippen LogP contribution in [0.15, 0.2) is 4.99 Å². The van der Waals surface area contributed by atoms with E-state index in [-0.39, 0.29) is 0 Å². The third kappa shape index (κ3) is 2.87. The van der Waals surface area contributed by atoms with Gasteiger partial charge >= 0.3 is 0 Å². The fourth-order valence-corrected chi connectivity index (χ4v) is 1.97. The summed E-state index contributed by atoms with van der Waals surface area (Å²) in [6.07, 6.45) is 1.17. The molecule has 0 aromatic heterocycles. The first kappa shape index (κ1) is 11.3. The highest BCUT2D eigenvalue weighted by atomic mass is 15.3. The lowest BCUT2D eigenvalue weighted by Gasteiger charge is -2.28. The summed E-state index contributed by atoms with van der Waals surface area (Å²) in [6.45, 7) is 8.24. The van der Waals surface area contributed by atoms with Crippen molar-refractivity contribution in [2.24, 2.45) is 10.7 Å². The van der Waals surface area contributed by atoms with Gasteiger partial charge in [-0.15, -0.1) is 0 Å². The zero-order valence-electron chi connectivity index (χ0n) is 9.53. The zero-order chi connectivity index (χ0) is 10.6. The molecule has 14 heavy (non-hydrogen) atoms. The van der Waals surface area contributed by atoms with Crippen LogP contribution in [0.4, 0.5) is 0 Å². The van der Waals surface area contributed by atoms with Crippen LogP contribution in [0.5, 0.6) is 0 Å². The molecule has 0 radical (unpaired) electrons. The van der Waals surface area contributed by atoms with Crippen molar-refractivity contribution >= 4 is 5.96 Å². The van der Waals surface area contributed by atoms with Crippen LogP contribution in [-0.2, 0) is 0 Å². The molecular formula is C10H22N4. The maximum atomic E-state index is 5.92. The van der Waals surface area contributed by atoms with Crippen LogP contribution in [-0.4, -0.2) is 55.0 Å². The van der Waals surface area contributed by atoms with Gasteiger partial charge < -0.3 is 15.5 Å². The monoisotopic (exact) mass is 198 g/mol. The van der Waals surface area contributed by atoms with E-state index in [4.69, 9.17) is 5.73 Å². The lowest BCUT2D eigenvalue weighted by molar-refractivity contribution is 0.283. The molecule has 0 aromatic rings. The summed E-state index contributed by atoms with van der Waals surface area (Å²) in [6, 6.07) is 0.470. The molecule has 0 aliphatic carbocycles. The second-order valence-electron chi connectivity index (χ2n) is 3.99.